The molecular formula is C19H17ClN4O3. The summed E-state index contributed by atoms with van der Waals surface area (Å²) in [6, 6.07) is 14.2. The molecule has 0 aliphatic rings. The summed E-state index contributed by atoms with van der Waals surface area (Å²) < 4.78 is 5.00. The van der Waals surface area contributed by atoms with Crippen molar-refractivity contribution in [3.05, 3.63) is 70.6 Å². The lowest BCUT2D eigenvalue weighted by Gasteiger charge is -2.06. The maximum Gasteiger partial charge on any atom is 0.316 e. The topological polar surface area (TPSA) is 97.1 Å². The monoisotopic (exact) mass is 384 g/mol. The molecule has 2 amide bonds. The van der Waals surface area contributed by atoms with Gasteiger partial charge in [-0.3, -0.25) is 9.59 Å². The van der Waals surface area contributed by atoms with E-state index in [9.17, 15) is 9.59 Å². The highest BCUT2D eigenvalue weighted by Crippen LogP contribution is 2.16. The van der Waals surface area contributed by atoms with Crippen molar-refractivity contribution in [1.29, 1.82) is 0 Å². The van der Waals surface area contributed by atoms with E-state index in [4.69, 9.17) is 16.1 Å². The number of aromatic nitrogens is 2. The predicted molar refractivity (Wildman–Crippen MR) is 101 cm³/mol. The molecule has 138 valence electrons. The summed E-state index contributed by atoms with van der Waals surface area (Å²) in [5.41, 5.74) is 2.32. The van der Waals surface area contributed by atoms with Gasteiger partial charge in [0.05, 0.1) is 0 Å². The van der Waals surface area contributed by atoms with Crippen LogP contribution in [0, 0.1) is 6.92 Å². The Morgan fingerprint density at radius 1 is 1.04 bits per heavy atom. The maximum absolute atomic E-state index is 12.1. The lowest BCUT2D eigenvalue weighted by molar-refractivity contribution is 0.0898. The van der Waals surface area contributed by atoms with Crippen molar-refractivity contribution < 1.29 is 14.1 Å². The quantitative estimate of drug-likeness (QED) is 0.637. The van der Waals surface area contributed by atoms with Crippen LogP contribution in [0.2, 0.25) is 5.02 Å². The highest BCUT2D eigenvalue weighted by Gasteiger charge is 2.15. The minimum Gasteiger partial charge on any atom is -0.350 e. The van der Waals surface area contributed by atoms with E-state index in [0.29, 0.717) is 16.4 Å². The first-order valence-electron chi connectivity index (χ1n) is 8.25. The molecule has 7 nitrogen and oxygen atoms in total. The molecule has 3 aromatic rings. The van der Waals surface area contributed by atoms with Gasteiger partial charge in [0.25, 0.3) is 5.91 Å². The lowest BCUT2D eigenvalue weighted by Crippen LogP contribution is -2.34. The minimum atomic E-state index is -0.502. The zero-order chi connectivity index (χ0) is 19.2. The summed E-state index contributed by atoms with van der Waals surface area (Å²) in [4.78, 5) is 28.1. The molecule has 0 aliphatic heterocycles. The highest BCUT2D eigenvalue weighted by molar-refractivity contribution is 6.30. The fourth-order valence-corrected chi connectivity index (χ4v) is 2.49. The van der Waals surface area contributed by atoms with Crippen molar-refractivity contribution in [2.75, 3.05) is 13.1 Å². The van der Waals surface area contributed by atoms with Crippen LogP contribution in [0.5, 0.6) is 0 Å². The van der Waals surface area contributed by atoms with E-state index >= 15 is 0 Å². The smallest absolute Gasteiger partial charge is 0.316 e. The van der Waals surface area contributed by atoms with Gasteiger partial charge in [0.2, 0.25) is 5.82 Å². The molecule has 3 rings (SSSR count). The Morgan fingerprint density at radius 3 is 2.44 bits per heavy atom. The van der Waals surface area contributed by atoms with Crippen molar-refractivity contribution in [1.82, 2.24) is 20.8 Å². The van der Waals surface area contributed by atoms with Gasteiger partial charge in [-0.2, -0.15) is 4.98 Å². The molecule has 27 heavy (non-hydrogen) atoms. The molecule has 0 aliphatic carbocycles. The van der Waals surface area contributed by atoms with Crippen molar-refractivity contribution in [2.45, 2.75) is 6.92 Å². The average Bonchev–Trinajstić information content (AvgIpc) is 3.16. The number of nitrogens with zero attached hydrogens (tertiary/aromatic N) is 2. The van der Waals surface area contributed by atoms with Gasteiger partial charge in [0.15, 0.2) is 0 Å². The molecule has 0 spiro atoms. The normalized spacial score (nSPS) is 10.4. The second kappa shape index (κ2) is 8.46. The first-order chi connectivity index (χ1) is 13.0. The Morgan fingerprint density at radius 2 is 1.74 bits per heavy atom. The second-order valence-corrected chi connectivity index (χ2v) is 6.25. The van der Waals surface area contributed by atoms with E-state index in [-0.39, 0.29) is 24.9 Å². The molecule has 0 bridgehead atoms. The summed E-state index contributed by atoms with van der Waals surface area (Å²) in [7, 11) is 0. The van der Waals surface area contributed by atoms with Gasteiger partial charge in [-0.15, -0.1) is 0 Å². The number of hydrogen-bond acceptors (Lipinski definition) is 5. The van der Waals surface area contributed by atoms with Crippen LogP contribution in [0.15, 0.2) is 53.1 Å². The van der Waals surface area contributed by atoms with E-state index in [1.54, 1.807) is 24.3 Å². The Labute approximate surface area is 160 Å². The van der Waals surface area contributed by atoms with Crippen molar-refractivity contribution in [3.8, 4) is 11.4 Å². The molecule has 2 aromatic carbocycles. The maximum atomic E-state index is 12.1. The fourth-order valence-electron chi connectivity index (χ4n) is 2.30. The number of carbonyl (C=O) groups excluding carboxylic acids is 2. The molecule has 0 radical (unpaired) electrons. The summed E-state index contributed by atoms with van der Waals surface area (Å²) >= 11 is 5.85. The van der Waals surface area contributed by atoms with E-state index in [2.05, 4.69) is 20.8 Å². The minimum absolute atomic E-state index is 0.133. The Bertz CT molecular complexity index is 954. The first kappa shape index (κ1) is 18.6. The van der Waals surface area contributed by atoms with Gasteiger partial charge < -0.3 is 15.2 Å². The molecule has 0 fully saturated rings. The third-order valence-electron chi connectivity index (χ3n) is 3.71. The molecule has 0 saturated heterocycles. The van der Waals surface area contributed by atoms with Crippen molar-refractivity contribution in [3.63, 3.8) is 0 Å². The molecule has 8 heteroatoms. The zero-order valence-corrected chi connectivity index (χ0v) is 15.3. The highest BCUT2D eigenvalue weighted by atomic mass is 35.5. The summed E-state index contributed by atoms with van der Waals surface area (Å²) in [5.74, 6) is -0.565. The van der Waals surface area contributed by atoms with Gasteiger partial charge in [-0.1, -0.05) is 52.7 Å². The number of hydrogen-bond donors (Lipinski definition) is 2. The van der Waals surface area contributed by atoms with Gasteiger partial charge >= 0.3 is 11.8 Å². The second-order valence-electron chi connectivity index (χ2n) is 5.81. The average molecular weight is 385 g/mol. The standard InChI is InChI=1S/C19H17ClN4O3/c1-12-5-7-13(8-6-12)16-23-19(27-24-16)18(26)22-10-9-21-17(25)14-3-2-4-15(20)11-14/h2-8,11H,9-10H2,1H3,(H,21,25)(H,22,26). The third kappa shape index (κ3) is 4.92. The Kier molecular flexibility index (Phi) is 5.83. The van der Waals surface area contributed by atoms with E-state index in [0.717, 1.165) is 11.1 Å². The first-order valence-corrected chi connectivity index (χ1v) is 8.63. The fraction of sp³-hybridized carbons (Fsp3) is 0.158. The summed E-state index contributed by atoms with van der Waals surface area (Å²) in [6.45, 7) is 2.44. The van der Waals surface area contributed by atoms with Gasteiger partial charge in [-0.05, 0) is 25.1 Å². The van der Waals surface area contributed by atoms with Crippen LogP contribution >= 0.6 is 11.6 Å². The van der Waals surface area contributed by atoms with Crippen LogP contribution in [0.25, 0.3) is 11.4 Å². The Balaban J connectivity index is 1.48. The van der Waals surface area contributed by atoms with Crippen LogP contribution < -0.4 is 10.6 Å². The molecule has 2 N–H and O–H groups in total. The third-order valence-corrected chi connectivity index (χ3v) is 3.95. The molecule has 1 aromatic heterocycles. The van der Waals surface area contributed by atoms with E-state index in [1.165, 1.54) is 0 Å². The summed E-state index contributed by atoms with van der Waals surface area (Å²) in [5, 5.41) is 9.60. The molecule has 1 heterocycles. The van der Waals surface area contributed by atoms with Crippen LogP contribution in [0.3, 0.4) is 0 Å². The lowest BCUT2D eigenvalue weighted by atomic mass is 10.1. The molecule has 0 atom stereocenters. The molecule has 0 unspecified atom stereocenters. The number of benzene rings is 2. The number of aryl methyl sites for hydroxylation is 1. The van der Waals surface area contributed by atoms with E-state index in [1.807, 2.05) is 31.2 Å². The van der Waals surface area contributed by atoms with Gasteiger partial charge in [0, 0.05) is 29.2 Å². The SMILES string of the molecule is Cc1ccc(-c2noc(C(=O)NCCNC(=O)c3cccc(Cl)c3)n2)cc1. The van der Waals surface area contributed by atoms with Crippen LogP contribution in [-0.2, 0) is 0 Å². The van der Waals surface area contributed by atoms with Crippen LogP contribution in [0.4, 0.5) is 0 Å². The summed E-state index contributed by atoms with van der Waals surface area (Å²) in [6.07, 6.45) is 0. The number of rotatable bonds is 6. The number of amides is 2. The van der Waals surface area contributed by atoms with Crippen molar-refractivity contribution in [2.24, 2.45) is 0 Å². The number of carbonyl (C=O) groups is 2. The molecule has 0 saturated carbocycles. The predicted octanol–water partition coefficient (Wildman–Crippen LogP) is 2.86. The van der Waals surface area contributed by atoms with Gasteiger partial charge in [-0.25, -0.2) is 0 Å². The largest absolute Gasteiger partial charge is 0.350 e. The van der Waals surface area contributed by atoms with Crippen molar-refractivity contribution >= 4 is 23.4 Å². The Hall–Kier alpha value is -3.19. The van der Waals surface area contributed by atoms with Crippen LogP contribution in [0.1, 0.15) is 26.6 Å². The number of halogens is 1. The zero-order valence-electron chi connectivity index (χ0n) is 14.5. The van der Waals surface area contributed by atoms with Crippen LogP contribution in [-0.4, -0.2) is 35.0 Å². The number of nitrogens with one attached hydrogen (secondary N) is 2. The van der Waals surface area contributed by atoms with Gasteiger partial charge in [0.1, 0.15) is 0 Å². The molecular weight excluding hydrogens is 368 g/mol. The van der Waals surface area contributed by atoms with E-state index < -0.39 is 5.91 Å².